The van der Waals surface area contributed by atoms with Crippen LogP contribution in [0.5, 0.6) is 0 Å². The maximum atomic E-state index is 12.7. The molecule has 1 saturated heterocycles. The van der Waals surface area contributed by atoms with Crippen LogP contribution in [0.25, 0.3) is 0 Å². The van der Waals surface area contributed by atoms with Crippen molar-refractivity contribution >= 4 is 62.8 Å². The zero-order valence-electron chi connectivity index (χ0n) is 14.0. The number of carbonyl (C=O) groups excluding carboxylic acids is 2. The van der Waals surface area contributed by atoms with E-state index in [0.29, 0.717) is 10.7 Å². The van der Waals surface area contributed by atoms with Crippen molar-refractivity contribution in [3.05, 3.63) is 63.6 Å². The fourth-order valence-electron chi connectivity index (χ4n) is 2.80. The summed E-state index contributed by atoms with van der Waals surface area (Å²) in [6.45, 7) is 0. The van der Waals surface area contributed by atoms with Gasteiger partial charge in [-0.2, -0.15) is 0 Å². The summed E-state index contributed by atoms with van der Waals surface area (Å²) >= 11 is 10.2. The summed E-state index contributed by atoms with van der Waals surface area (Å²) in [7, 11) is 0. The molecule has 27 heavy (non-hydrogen) atoms. The Morgan fingerprint density at radius 1 is 1.19 bits per heavy atom. The van der Waals surface area contributed by atoms with Crippen LogP contribution in [0.4, 0.5) is 5.69 Å². The van der Waals surface area contributed by atoms with E-state index in [-0.39, 0.29) is 18.7 Å². The van der Waals surface area contributed by atoms with E-state index >= 15 is 0 Å². The van der Waals surface area contributed by atoms with Crippen LogP contribution >= 0.6 is 39.3 Å². The number of carbonyl (C=O) groups is 3. The average Bonchev–Trinajstić information content (AvgIpc) is 2.90. The van der Waals surface area contributed by atoms with Crippen LogP contribution in [-0.2, 0) is 20.8 Å². The molecule has 2 atom stereocenters. The van der Waals surface area contributed by atoms with Gasteiger partial charge in [0.15, 0.2) is 0 Å². The van der Waals surface area contributed by atoms with Crippen LogP contribution in [0.2, 0.25) is 5.02 Å². The summed E-state index contributed by atoms with van der Waals surface area (Å²) in [4.78, 5) is 37.8. The first-order valence-electron chi connectivity index (χ1n) is 8.10. The topological polar surface area (TPSA) is 74.7 Å². The van der Waals surface area contributed by atoms with Gasteiger partial charge in [-0.05, 0) is 48.4 Å². The molecule has 0 spiro atoms. The number of thioether (sulfide) groups is 1. The molecule has 0 aromatic heterocycles. The third-order valence-corrected chi connectivity index (χ3v) is 6.30. The number of hydrogen-bond acceptors (Lipinski definition) is 4. The maximum absolute atomic E-state index is 12.7. The average molecular weight is 469 g/mol. The SMILES string of the molecule is O=C(O)[C@H](Cc1ccc(Br)cc1)S[C@H]1CC(=O)N(c2ccc(Cl)cc2)C1=O. The molecule has 0 radical (unpaired) electrons. The summed E-state index contributed by atoms with van der Waals surface area (Å²) in [5.41, 5.74) is 1.29. The molecule has 8 heteroatoms. The fourth-order valence-corrected chi connectivity index (χ4v) is 4.45. The third-order valence-electron chi connectivity index (χ3n) is 4.13. The molecule has 2 aromatic rings. The number of aliphatic carboxylic acids is 1. The van der Waals surface area contributed by atoms with Gasteiger partial charge in [0.05, 0.1) is 10.9 Å². The number of anilines is 1. The molecule has 1 aliphatic rings. The van der Waals surface area contributed by atoms with Gasteiger partial charge in [-0.3, -0.25) is 14.4 Å². The van der Waals surface area contributed by atoms with E-state index in [9.17, 15) is 19.5 Å². The van der Waals surface area contributed by atoms with Crippen molar-refractivity contribution in [2.45, 2.75) is 23.3 Å². The Balaban J connectivity index is 1.74. The molecule has 3 rings (SSSR count). The van der Waals surface area contributed by atoms with E-state index in [1.165, 1.54) is 0 Å². The summed E-state index contributed by atoms with van der Waals surface area (Å²) in [5, 5.41) is 8.53. The number of nitrogens with zero attached hydrogens (tertiary/aromatic N) is 1. The minimum Gasteiger partial charge on any atom is -0.480 e. The minimum absolute atomic E-state index is 0.0176. The molecular formula is C19H15BrClNO4S. The van der Waals surface area contributed by atoms with Gasteiger partial charge in [0.25, 0.3) is 0 Å². The van der Waals surface area contributed by atoms with Crippen LogP contribution in [0.15, 0.2) is 53.0 Å². The monoisotopic (exact) mass is 467 g/mol. The van der Waals surface area contributed by atoms with Crippen LogP contribution in [-0.4, -0.2) is 33.4 Å². The van der Waals surface area contributed by atoms with E-state index < -0.39 is 22.4 Å². The Hall–Kier alpha value is -1.83. The zero-order chi connectivity index (χ0) is 19.6. The second-order valence-electron chi connectivity index (χ2n) is 6.03. The van der Waals surface area contributed by atoms with Gasteiger partial charge in [0.1, 0.15) is 5.25 Å². The molecule has 0 saturated carbocycles. The molecule has 140 valence electrons. The van der Waals surface area contributed by atoms with E-state index in [4.69, 9.17) is 11.6 Å². The summed E-state index contributed by atoms with van der Waals surface area (Å²) in [6.07, 6.45) is 0.252. The number of halogens is 2. The highest BCUT2D eigenvalue weighted by molar-refractivity contribution is 9.10. The third kappa shape index (κ3) is 4.72. The lowest BCUT2D eigenvalue weighted by Crippen LogP contribution is -2.32. The Bertz CT molecular complexity index is 872. The molecule has 1 fully saturated rings. The van der Waals surface area contributed by atoms with E-state index in [1.54, 1.807) is 24.3 Å². The molecule has 0 bridgehead atoms. The molecule has 2 aromatic carbocycles. The normalized spacial score (nSPS) is 18.0. The summed E-state index contributed by atoms with van der Waals surface area (Å²) < 4.78 is 0.904. The lowest BCUT2D eigenvalue weighted by molar-refractivity contribution is -0.136. The summed E-state index contributed by atoms with van der Waals surface area (Å²) in [5.74, 6) is -1.74. The predicted octanol–water partition coefficient (Wildman–Crippen LogP) is 4.16. The van der Waals surface area contributed by atoms with Gasteiger partial charge in [-0.1, -0.05) is 39.7 Å². The quantitative estimate of drug-likeness (QED) is 0.644. The van der Waals surface area contributed by atoms with Crippen molar-refractivity contribution in [2.24, 2.45) is 0 Å². The zero-order valence-corrected chi connectivity index (χ0v) is 17.1. The van der Waals surface area contributed by atoms with Crippen LogP contribution in [0.3, 0.4) is 0 Å². The number of rotatable bonds is 6. The standard InChI is InChI=1S/C19H15BrClNO4S/c20-12-3-1-11(2-4-12)9-16(19(25)26)27-15-10-17(23)22(18(15)24)14-7-5-13(21)6-8-14/h1-8,15-16H,9-10H2,(H,25,26)/t15-,16-/m0/s1. The first-order chi connectivity index (χ1) is 12.8. The van der Waals surface area contributed by atoms with Gasteiger partial charge in [-0.25, -0.2) is 4.90 Å². The van der Waals surface area contributed by atoms with Gasteiger partial charge in [0, 0.05) is 15.9 Å². The highest BCUT2D eigenvalue weighted by Crippen LogP contribution is 2.33. The van der Waals surface area contributed by atoms with Crippen molar-refractivity contribution in [3.63, 3.8) is 0 Å². The predicted molar refractivity (Wildman–Crippen MR) is 109 cm³/mol. The number of carboxylic acids is 1. The van der Waals surface area contributed by atoms with Crippen molar-refractivity contribution in [3.8, 4) is 0 Å². The van der Waals surface area contributed by atoms with E-state index in [2.05, 4.69) is 15.9 Å². The van der Waals surface area contributed by atoms with Gasteiger partial charge >= 0.3 is 5.97 Å². The minimum atomic E-state index is -1.01. The molecular weight excluding hydrogens is 454 g/mol. The Kier molecular flexibility index (Phi) is 6.24. The fraction of sp³-hybridized carbons (Fsp3) is 0.211. The Morgan fingerprint density at radius 2 is 1.81 bits per heavy atom. The van der Waals surface area contributed by atoms with Gasteiger partial charge in [-0.15, -0.1) is 11.8 Å². The van der Waals surface area contributed by atoms with Crippen LogP contribution in [0, 0.1) is 0 Å². The Morgan fingerprint density at radius 3 is 2.41 bits per heavy atom. The van der Waals surface area contributed by atoms with Gasteiger partial charge in [0.2, 0.25) is 11.8 Å². The largest absolute Gasteiger partial charge is 0.480 e. The van der Waals surface area contributed by atoms with Crippen molar-refractivity contribution in [2.75, 3.05) is 4.90 Å². The smallest absolute Gasteiger partial charge is 0.316 e. The number of carboxylic acid groups (broad SMARTS) is 1. The van der Waals surface area contributed by atoms with E-state index in [1.807, 2.05) is 24.3 Å². The second-order valence-corrected chi connectivity index (χ2v) is 8.79. The highest BCUT2D eigenvalue weighted by atomic mass is 79.9. The molecule has 0 unspecified atom stereocenters. The number of amides is 2. The lowest BCUT2D eigenvalue weighted by Gasteiger charge is -2.17. The molecule has 2 amide bonds. The molecule has 1 heterocycles. The molecule has 0 aliphatic carbocycles. The van der Waals surface area contributed by atoms with Crippen LogP contribution in [0.1, 0.15) is 12.0 Å². The first-order valence-corrected chi connectivity index (χ1v) is 10.2. The van der Waals surface area contributed by atoms with Crippen molar-refractivity contribution in [1.29, 1.82) is 0 Å². The number of hydrogen-bond donors (Lipinski definition) is 1. The second kappa shape index (κ2) is 8.46. The first kappa shape index (κ1) is 19.9. The lowest BCUT2D eigenvalue weighted by atomic mass is 10.1. The molecule has 5 nitrogen and oxygen atoms in total. The van der Waals surface area contributed by atoms with Crippen molar-refractivity contribution < 1.29 is 19.5 Å². The molecule has 1 N–H and O–H groups in total. The Labute approximate surface area is 173 Å². The maximum Gasteiger partial charge on any atom is 0.316 e. The van der Waals surface area contributed by atoms with Crippen LogP contribution < -0.4 is 4.90 Å². The number of benzene rings is 2. The van der Waals surface area contributed by atoms with Crippen molar-refractivity contribution in [1.82, 2.24) is 0 Å². The van der Waals surface area contributed by atoms with E-state index in [0.717, 1.165) is 26.7 Å². The van der Waals surface area contributed by atoms with Gasteiger partial charge < -0.3 is 5.11 Å². The molecule has 1 aliphatic heterocycles. The summed E-state index contributed by atoms with van der Waals surface area (Å²) in [6, 6.07) is 13.8. The number of imide groups is 1. The highest BCUT2D eigenvalue weighted by Gasteiger charge is 2.42.